The molecule has 0 saturated carbocycles. The zero-order valence-corrected chi connectivity index (χ0v) is 13.0. The van der Waals surface area contributed by atoms with Crippen molar-refractivity contribution in [2.75, 3.05) is 33.4 Å². The molecule has 0 bridgehead atoms. The van der Waals surface area contributed by atoms with Crippen LogP contribution in [0.4, 0.5) is 0 Å². The number of ether oxygens (including phenoxy) is 1. The fourth-order valence-corrected chi connectivity index (χ4v) is 2.86. The second-order valence-corrected chi connectivity index (χ2v) is 5.58. The molecular formula is C14H24N4O3. The lowest BCUT2D eigenvalue weighted by Crippen LogP contribution is -2.41. The molecule has 0 radical (unpaired) electrons. The summed E-state index contributed by atoms with van der Waals surface area (Å²) in [5, 5.41) is 10.4. The van der Waals surface area contributed by atoms with E-state index in [2.05, 4.69) is 32.1 Å². The molecule has 0 aliphatic carbocycles. The molecule has 1 fully saturated rings. The zero-order chi connectivity index (χ0) is 15.2. The lowest BCUT2D eigenvalue weighted by molar-refractivity contribution is 0.0918. The molecular weight excluding hydrogens is 272 g/mol. The minimum absolute atomic E-state index is 0.144. The number of amides is 1. The largest absolute Gasteiger partial charge is 0.383 e. The highest BCUT2D eigenvalue weighted by Crippen LogP contribution is 2.22. The van der Waals surface area contributed by atoms with E-state index in [4.69, 9.17) is 4.74 Å². The molecule has 0 aromatic carbocycles. The average Bonchev–Trinajstić information content (AvgIpc) is 3.04. The monoisotopic (exact) mass is 296 g/mol. The number of carbonyl (C=O) groups excluding carboxylic acids is 1. The van der Waals surface area contributed by atoms with Crippen molar-refractivity contribution >= 4 is 5.91 Å². The Kier molecular flexibility index (Phi) is 5.69. The number of nitrogens with zero attached hydrogens (tertiary/aromatic N) is 3. The molecule has 2 heterocycles. The van der Waals surface area contributed by atoms with E-state index in [0.717, 1.165) is 32.5 Å². The summed E-state index contributed by atoms with van der Waals surface area (Å²) in [5.74, 6) is 0.268. The van der Waals surface area contributed by atoms with Crippen molar-refractivity contribution in [3.8, 4) is 0 Å². The predicted octanol–water partition coefficient (Wildman–Crippen LogP) is 0.855. The summed E-state index contributed by atoms with van der Waals surface area (Å²) in [5.41, 5.74) is 0.800. The number of carbonyl (C=O) groups is 1. The molecule has 1 amide bonds. The van der Waals surface area contributed by atoms with Gasteiger partial charge < -0.3 is 10.1 Å². The molecule has 1 saturated heterocycles. The number of rotatable bonds is 7. The standard InChI is InChI=1S/C14H24N4O3/c1-4-5-11-8-18(6-7-20-3)9-12(11)15-14(19)13-10(2)16-21-17-13/h11-12H,4-9H2,1-3H3,(H,15,19)/t11-,12-/m1/s1. The maximum absolute atomic E-state index is 12.2. The van der Waals surface area contributed by atoms with E-state index in [1.54, 1.807) is 14.0 Å². The molecule has 1 aromatic rings. The summed E-state index contributed by atoms with van der Waals surface area (Å²) in [4.78, 5) is 14.6. The van der Waals surface area contributed by atoms with Gasteiger partial charge in [-0.1, -0.05) is 18.5 Å². The highest BCUT2D eigenvalue weighted by molar-refractivity contribution is 5.93. The van der Waals surface area contributed by atoms with Crippen molar-refractivity contribution in [2.24, 2.45) is 5.92 Å². The molecule has 21 heavy (non-hydrogen) atoms. The summed E-state index contributed by atoms with van der Waals surface area (Å²) in [6.45, 7) is 7.35. The Balaban J connectivity index is 1.96. The molecule has 7 nitrogen and oxygen atoms in total. The van der Waals surface area contributed by atoms with Gasteiger partial charge in [0.2, 0.25) is 0 Å². The van der Waals surface area contributed by atoms with Crippen LogP contribution < -0.4 is 5.32 Å². The van der Waals surface area contributed by atoms with Crippen molar-refractivity contribution in [3.05, 3.63) is 11.4 Å². The molecule has 1 aliphatic heterocycles. The Bertz CT molecular complexity index is 463. The number of methoxy groups -OCH3 is 1. The predicted molar refractivity (Wildman–Crippen MR) is 77.0 cm³/mol. The lowest BCUT2D eigenvalue weighted by atomic mass is 9.98. The fraction of sp³-hybridized carbons (Fsp3) is 0.786. The fourth-order valence-electron chi connectivity index (χ4n) is 2.86. The topological polar surface area (TPSA) is 80.5 Å². The van der Waals surface area contributed by atoms with Crippen LogP contribution in [-0.4, -0.2) is 60.5 Å². The first-order valence-electron chi connectivity index (χ1n) is 7.47. The molecule has 1 aliphatic rings. The maximum Gasteiger partial charge on any atom is 0.275 e. The van der Waals surface area contributed by atoms with E-state index in [0.29, 0.717) is 18.2 Å². The van der Waals surface area contributed by atoms with Crippen LogP contribution in [0.15, 0.2) is 4.63 Å². The molecule has 0 unspecified atom stereocenters. The lowest BCUT2D eigenvalue weighted by Gasteiger charge is -2.18. The number of hydrogen-bond donors (Lipinski definition) is 1. The van der Waals surface area contributed by atoms with E-state index in [1.165, 1.54) is 0 Å². The first-order valence-corrected chi connectivity index (χ1v) is 7.47. The highest BCUT2D eigenvalue weighted by atomic mass is 16.6. The SMILES string of the molecule is CCC[C@@H]1CN(CCOC)C[C@H]1NC(=O)c1nonc1C. The van der Waals surface area contributed by atoms with Gasteiger partial charge in [-0.25, -0.2) is 4.63 Å². The summed E-state index contributed by atoms with van der Waals surface area (Å²) in [6, 6.07) is 0.144. The third-order valence-electron chi connectivity index (χ3n) is 3.97. The second kappa shape index (κ2) is 7.51. The summed E-state index contributed by atoms with van der Waals surface area (Å²) < 4.78 is 9.72. The van der Waals surface area contributed by atoms with Crippen molar-refractivity contribution in [3.63, 3.8) is 0 Å². The third-order valence-corrected chi connectivity index (χ3v) is 3.97. The average molecular weight is 296 g/mol. The number of hydrogen-bond acceptors (Lipinski definition) is 6. The van der Waals surface area contributed by atoms with Crippen LogP contribution in [0, 0.1) is 12.8 Å². The Morgan fingerprint density at radius 1 is 1.48 bits per heavy atom. The Labute approximate surface area is 125 Å². The van der Waals surface area contributed by atoms with Gasteiger partial charge in [-0.3, -0.25) is 9.69 Å². The molecule has 1 aromatic heterocycles. The minimum Gasteiger partial charge on any atom is -0.383 e. The van der Waals surface area contributed by atoms with Crippen LogP contribution in [0.5, 0.6) is 0 Å². The smallest absolute Gasteiger partial charge is 0.275 e. The van der Waals surface area contributed by atoms with E-state index in [-0.39, 0.29) is 17.6 Å². The number of aromatic nitrogens is 2. The van der Waals surface area contributed by atoms with Gasteiger partial charge in [0.1, 0.15) is 5.69 Å². The van der Waals surface area contributed by atoms with Gasteiger partial charge in [0, 0.05) is 32.8 Å². The molecule has 7 heteroatoms. The molecule has 118 valence electrons. The van der Waals surface area contributed by atoms with Gasteiger partial charge in [0.15, 0.2) is 5.69 Å². The quantitative estimate of drug-likeness (QED) is 0.803. The Morgan fingerprint density at radius 2 is 2.29 bits per heavy atom. The third kappa shape index (κ3) is 4.01. The van der Waals surface area contributed by atoms with E-state index in [9.17, 15) is 4.79 Å². The van der Waals surface area contributed by atoms with Gasteiger partial charge in [-0.05, 0) is 24.4 Å². The number of likely N-dealkylation sites (tertiary alicyclic amines) is 1. The molecule has 2 atom stereocenters. The minimum atomic E-state index is -0.201. The van der Waals surface area contributed by atoms with Crippen LogP contribution >= 0.6 is 0 Å². The van der Waals surface area contributed by atoms with Crippen molar-refractivity contribution < 1.29 is 14.2 Å². The van der Waals surface area contributed by atoms with Crippen molar-refractivity contribution in [1.82, 2.24) is 20.5 Å². The van der Waals surface area contributed by atoms with Crippen LogP contribution in [0.25, 0.3) is 0 Å². The van der Waals surface area contributed by atoms with Gasteiger partial charge in [-0.15, -0.1) is 0 Å². The number of nitrogens with one attached hydrogen (secondary N) is 1. The summed E-state index contributed by atoms with van der Waals surface area (Å²) in [6.07, 6.45) is 2.21. The van der Waals surface area contributed by atoms with Crippen molar-refractivity contribution in [2.45, 2.75) is 32.7 Å². The van der Waals surface area contributed by atoms with E-state index >= 15 is 0 Å². The van der Waals surface area contributed by atoms with Crippen LogP contribution in [0.3, 0.4) is 0 Å². The highest BCUT2D eigenvalue weighted by Gasteiger charge is 2.33. The van der Waals surface area contributed by atoms with E-state index < -0.39 is 0 Å². The van der Waals surface area contributed by atoms with Gasteiger partial charge in [0.25, 0.3) is 5.91 Å². The first-order chi connectivity index (χ1) is 10.2. The van der Waals surface area contributed by atoms with Gasteiger partial charge >= 0.3 is 0 Å². The van der Waals surface area contributed by atoms with Gasteiger partial charge in [0.05, 0.1) is 6.61 Å². The van der Waals surface area contributed by atoms with Crippen LogP contribution in [0.2, 0.25) is 0 Å². The van der Waals surface area contributed by atoms with Crippen LogP contribution in [0.1, 0.15) is 35.9 Å². The maximum atomic E-state index is 12.2. The molecule has 2 rings (SSSR count). The second-order valence-electron chi connectivity index (χ2n) is 5.58. The zero-order valence-electron chi connectivity index (χ0n) is 13.0. The van der Waals surface area contributed by atoms with Crippen molar-refractivity contribution in [1.29, 1.82) is 0 Å². The first kappa shape index (κ1) is 15.9. The summed E-state index contributed by atoms with van der Waals surface area (Å²) >= 11 is 0. The normalized spacial score (nSPS) is 22.6. The molecule has 0 spiro atoms. The summed E-state index contributed by atoms with van der Waals surface area (Å²) in [7, 11) is 1.71. The van der Waals surface area contributed by atoms with E-state index in [1.807, 2.05) is 0 Å². The number of aryl methyl sites for hydroxylation is 1. The van der Waals surface area contributed by atoms with Crippen LogP contribution in [-0.2, 0) is 4.74 Å². The Hall–Kier alpha value is -1.47. The molecule has 1 N–H and O–H groups in total. The Morgan fingerprint density at radius 3 is 2.90 bits per heavy atom. The van der Waals surface area contributed by atoms with Gasteiger partial charge in [-0.2, -0.15) is 0 Å².